The van der Waals surface area contributed by atoms with Crippen molar-refractivity contribution in [3.8, 4) is 39.1 Å². The molecule has 0 bridgehead atoms. The van der Waals surface area contributed by atoms with Crippen molar-refractivity contribution in [2.24, 2.45) is 0 Å². The van der Waals surface area contributed by atoms with Crippen LogP contribution in [0.1, 0.15) is 49.9 Å². The summed E-state index contributed by atoms with van der Waals surface area (Å²) in [7, 11) is 0. The molecular formula is C54H42N2. The fourth-order valence-electron chi connectivity index (χ4n) is 10.1. The number of rotatable bonds is 5. The summed E-state index contributed by atoms with van der Waals surface area (Å²) in [5.41, 5.74) is 20.1. The van der Waals surface area contributed by atoms with Gasteiger partial charge in [0.05, 0.1) is 22.4 Å². The van der Waals surface area contributed by atoms with Crippen molar-refractivity contribution < 1.29 is 0 Å². The predicted molar refractivity (Wildman–Crippen MR) is 236 cm³/mol. The van der Waals surface area contributed by atoms with Crippen molar-refractivity contribution in [1.82, 2.24) is 4.57 Å². The summed E-state index contributed by atoms with van der Waals surface area (Å²) in [6.45, 7) is 9.51. The first-order valence-corrected chi connectivity index (χ1v) is 19.8. The molecule has 0 saturated heterocycles. The molecule has 2 heteroatoms. The molecular weight excluding hydrogens is 677 g/mol. The number of benzene rings is 8. The summed E-state index contributed by atoms with van der Waals surface area (Å²) in [4.78, 5) is 2.54. The Hall–Kier alpha value is -6.64. The van der Waals surface area contributed by atoms with Gasteiger partial charge in [-0.25, -0.2) is 0 Å². The van der Waals surface area contributed by atoms with Crippen molar-refractivity contribution in [3.63, 3.8) is 0 Å². The Morgan fingerprint density at radius 3 is 1.57 bits per heavy atom. The van der Waals surface area contributed by atoms with E-state index < -0.39 is 0 Å². The summed E-state index contributed by atoms with van der Waals surface area (Å²) < 4.78 is 2.38. The molecule has 0 aliphatic heterocycles. The van der Waals surface area contributed by atoms with Gasteiger partial charge in [0.25, 0.3) is 0 Å². The van der Waals surface area contributed by atoms with Crippen molar-refractivity contribution in [3.05, 3.63) is 204 Å². The minimum Gasteiger partial charge on any atom is -0.310 e. The van der Waals surface area contributed by atoms with Gasteiger partial charge in [0.15, 0.2) is 0 Å². The highest BCUT2D eigenvalue weighted by atomic mass is 15.1. The van der Waals surface area contributed by atoms with Crippen LogP contribution in [0.2, 0.25) is 0 Å². The van der Waals surface area contributed by atoms with E-state index in [2.05, 4.69) is 219 Å². The van der Waals surface area contributed by atoms with E-state index in [1.807, 2.05) is 0 Å². The van der Waals surface area contributed by atoms with Gasteiger partial charge >= 0.3 is 0 Å². The number of fused-ring (bicyclic) bond motifs is 9. The van der Waals surface area contributed by atoms with E-state index in [-0.39, 0.29) is 10.8 Å². The quantitative estimate of drug-likeness (QED) is 0.172. The van der Waals surface area contributed by atoms with E-state index in [1.165, 1.54) is 88.8 Å². The lowest BCUT2D eigenvalue weighted by atomic mass is 9.81. The first-order valence-electron chi connectivity index (χ1n) is 19.8. The molecule has 0 unspecified atom stereocenters. The van der Waals surface area contributed by atoms with Crippen LogP contribution in [-0.4, -0.2) is 4.57 Å². The molecule has 2 aliphatic rings. The molecule has 0 spiro atoms. The SMILES string of the molecule is CC1(C)c2ccccc2-c2c(N(c3ccc(-c4ccc(-n5c6ccccc6c6ccccc65)cc4)cc3)c3cccc4c3C(C)(C)c3ccccc3-4)cccc21. The Balaban J connectivity index is 1.06. The fourth-order valence-corrected chi connectivity index (χ4v) is 10.1. The molecule has 11 rings (SSSR count). The van der Waals surface area contributed by atoms with E-state index in [1.54, 1.807) is 0 Å². The number of hydrogen-bond donors (Lipinski definition) is 0. The first-order chi connectivity index (χ1) is 27.3. The highest BCUT2D eigenvalue weighted by Crippen LogP contribution is 2.58. The maximum absolute atomic E-state index is 2.54. The van der Waals surface area contributed by atoms with Gasteiger partial charge in [-0.2, -0.15) is 0 Å². The summed E-state index contributed by atoms with van der Waals surface area (Å²) in [5, 5.41) is 2.56. The van der Waals surface area contributed by atoms with Crippen molar-refractivity contribution in [1.29, 1.82) is 0 Å². The van der Waals surface area contributed by atoms with Gasteiger partial charge in [0.1, 0.15) is 0 Å². The summed E-state index contributed by atoms with van der Waals surface area (Å²) in [5.74, 6) is 0. The number of hydrogen-bond acceptors (Lipinski definition) is 1. The maximum Gasteiger partial charge on any atom is 0.0543 e. The minimum absolute atomic E-state index is 0.100. The Bertz CT molecular complexity index is 2960. The lowest BCUT2D eigenvalue weighted by molar-refractivity contribution is 0.659. The number of anilines is 3. The second-order valence-corrected chi connectivity index (χ2v) is 16.5. The maximum atomic E-state index is 2.54. The van der Waals surface area contributed by atoms with Crippen LogP contribution in [0.15, 0.2) is 182 Å². The van der Waals surface area contributed by atoms with Gasteiger partial charge in [-0.15, -0.1) is 0 Å². The topological polar surface area (TPSA) is 8.17 Å². The van der Waals surface area contributed by atoms with Gasteiger partial charge in [0.2, 0.25) is 0 Å². The molecule has 8 aromatic carbocycles. The number of aromatic nitrogens is 1. The van der Waals surface area contributed by atoms with E-state index in [4.69, 9.17) is 0 Å². The van der Waals surface area contributed by atoms with Crippen molar-refractivity contribution in [2.75, 3.05) is 4.90 Å². The van der Waals surface area contributed by atoms with Crippen LogP contribution in [0.25, 0.3) is 60.9 Å². The summed E-state index contributed by atoms with van der Waals surface area (Å²) in [6, 6.07) is 67.4. The Labute approximate surface area is 328 Å². The fraction of sp³-hybridized carbons (Fsp3) is 0.111. The smallest absolute Gasteiger partial charge is 0.0543 e. The van der Waals surface area contributed by atoms with Gasteiger partial charge in [0, 0.05) is 38.5 Å². The Morgan fingerprint density at radius 2 is 0.893 bits per heavy atom. The highest BCUT2D eigenvalue weighted by Gasteiger charge is 2.41. The Kier molecular flexibility index (Phi) is 6.98. The lowest BCUT2D eigenvalue weighted by Crippen LogP contribution is -2.21. The molecule has 0 radical (unpaired) electrons. The van der Waals surface area contributed by atoms with E-state index >= 15 is 0 Å². The minimum atomic E-state index is -0.173. The predicted octanol–water partition coefficient (Wildman–Crippen LogP) is 14.5. The average Bonchev–Trinajstić information content (AvgIpc) is 3.79. The Morgan fingerprint density at radius 1 is 0.393 bits per heavy atom. The second-order valence-electron chi connectivity index (χ2n) is 16.5. The van der Waals surface area contributed by atoms with Gasteiger partial charge < -0.3 is 9.47 Å². The second kappa shape index (κ2) is 11.9. The summed E-state index contributed by atoms with van der Waals surface area (Å²) >= 11 is 0. The van der Waals surface area contributed by atoms with Crippen LogP contribution in [-0.2, 0) is 10.8 Å². The van der Waals surface area contributed by atoms with Crippen LogP contribution in [0.5, 0.6) is 0 Å². The van der Waals surface area contributed by atoms with Gasteiger partial charge in [-0.1, -0.05) is 161 Å². The summed E-state index contributed by atoms with van der Waals surface area (Å²) in [6.07, 6.45) is 0. The average molecular weight is 719 g/mol. The van der Waals surface area contributed by atoms with Crippen molar-refractivity contribution in [2.45, 2.75) is 38.5 Å². The number of nitrogens with zero attached hydrogens (tertiary/aromatic N) is 2. The van der Waals surface area contributed by atoms with Crippen LogP contribution in [0.3, 0.4) is 0 Å². The zero-order valence-corrected chi connectivity index (χ0v) is 32.2. The van der Waals surface area contributed by atoms with E-state index in [9.17, 15) is 0 Å². The third-order valence-electron chi connectivity index (χ3n) is 12.8. The van der Waals surface area contributed by atoms with Crippen LogP contribution >= 0.6 is 0 Å². The zero-order valence-electron chi connectivity index (χ0n) is 32.2. The molecule has 1 aromatic heterocycles. The zero-order chi connectivity index (χ0) is 37.8. The molecule has 2 aliphatic carbocycles. The standard InChI is InChI=1S/C54H42N2/c1-53(2)45-21-10-6-18-43(45)51-46(53)22-14-25-49(51)56(50-26-13-19-42-39-15-5-9-20-44(39)54(3,4)52(42)50)38-33-29-36(30-34-38)35-27-31-37(32-28-35)55-47-23-11-7-16-40(47)41-17-8-12-24-48(41)55/h5-34H,1-4H3. The van der Waals surface area contributed by atoms with Crippen LogP contribution in [0, 0.1) is 0 Å². The normalized spacial score (nSPS) is 14.4. The van der Waals surface area contributed by atoms with E-state index in [0.717, 1.165) is 11.4 Å². The van der Waals surface area contributed by atoms with E-state index in [0.29, 0.717) is 0 Å². The molecule has 1 heterocycles. The highest BCUT2D eigenvalue weighted by molar-refractivity contribution is 6.09. The third-order valence-corrected chi connectivity index (χ3v) is 12.8. The van der Waals surface area contributed by atoms with Crippen LogP contribution < -0.4 is 4.90 Å². The molecule has 9 aromatic rings. The molecule has 0 saturated carbocycles. The van der Waals surface area contributed by atoms with Gasteiger partial charge in [-0.3, -0.25) is 0 Å². The first kappa shape index (κ1) is 32.8. The molecule has 0 fully saturated rings. The largest absolute Gasteiger partial charge is 0.310 e. The molecule has 0 amide bonds. The lowest BCUT2D eigenvalue weighted by Gasteiger charge is -2.33. The number of para-hydroxylation sites is 2. The molecule has 268 valence electrons. The molecule has 2 nitrogen and oxygen atoms in total. The van der Waals surface area contributed by atoms with Crippen LogP contribution in [0.4, 0.5) is 17.1 Å². The van der Waals surface area contributed by atoms with Crippen molar-refractivity contribution >= 4 is 38.9 Å². The monoisotopic (exact) mass is 718 g/mol. The van der Waals surface area contributed by atoms with Gasteiger partial charge in [-0.05, 0) is 98.6 Å². The molecule has 56 heavy (non-hydrogen) atoms. The third kappa shape index (κ3) is 4.56. The molecule has 0 N–H and O–H groups in total. The molecule has 0 atom stereocenters.